The lowest BCUT2D eigenvalue weighted by Crippen LogP contribution is -2.38. The Balaban J connectivity index is 1.33. The maximum Gasteiger partial charge on any atom is 0.276 e. The van der Waals surface area contributed by atoms with Crippen LogP contribution in [0.4, 0.5) is 0 Å². The molecule has 1 fully saturated rings. The van der Waals surface area contributed by atoms with Gasteiger partial charge < -0.3 is 24.3 Å². The molecule has 1 amide bonds. The molecule has 0 aliphatic heterocycles. The van der Waals surface area contributed by atoms with Gasteiger partial charge >= 0.3 is 0 Å². The van der Waals surface area contributed by atoms with E-state index in [2.05, 4.69) is 20.0 Å². The van der Waals surface area contributed by atoms with E-state index >= 15 is 0 Å². The quantitative estimate of drug-likeness (QED) is 0.429. The Hall–Kier alpha value is -3.92. The average Bonchev–Trinajstić information content (AvgIpc) is 3.52. The van der Waals surface area contributed by atoms with Crippen molar-refractivity contribution in [3.05, 3.63) is 70.8 Å². The van der Waals surface area contributed by atoms with Gasteiger partial charge in [0.15, 0.2) is 0 Å². The van der Waals surface area contributed by atoms with E-state index in [4.69, 9.17) is 4.74 Å². The van der Waals surface area contributed by atoms with Gasteiger partial charge in [-0.3, -0.25) is 9.59 Å². The molecule has 0 saturated heterocycles. The number of rotatable bonds is 6. The van der Waals surface area contributed by atoms with Gasteiger partial charge in [-0.05, 0) is 50.8 Å². The number of methoxy groups -OCH3 is 1. The van der Waals surface area contributed by atoms with Gasteiger partial charge in [0.25, 0.3) is 11.5 Å². The zero-order valence-electron chi connectivity index (χ0n) is 20.6. The molecule has 4 aromatic rings. The average molecular weight is 491 g/mol. The highest BCUT2D eigenvalue weighted by Gasteiger charge is 2.27. The van der Waals surface area contributed by atoms with Crippen LogP contribution in [0, 0.1) is 0 Å². The van der Waals surface area contributed by atoms with Crippen LogP contribution in [0.5, 0.6) is 5.75 Å². The third kappa shape index (κ3) is 4.39. The van der Waals surface area contributed by atoms with Crippen molar-refractivity contribution in [2.45, 2.75) is 50.8 Å². The summed E-state index contributed by atoms with van der Waals surface area (Å²) in [7, 11) is 3.22. The van der Waals surface area contributed by atoms with Gasteiger partial charge in [0, 0.05) is 55.4 Å². The van der Waals surface area contributed by atoms with Crippen LogP contribution in [0.2, 0.25) is 0 Å². The van der Waals surface area contributed by atoms with Gasteiger partial charge in [0.05, 0.1) is 18.2 Å². The monoisotopic (exact) mass is 490 g/mol. The van der Waals surface area contributed by atoms with E-state index in [0.29, 0.717) is 28.3 Å². The van der Waals surface area contributed by atoms with Gasteiger partial charge in [-0.25, -0.2) is 9.67 Å². The van der Waals surface area contributed by atoms with E-state index in [0.717, 1.165) is 31.1 Å². The summed E-state index contributed by atoms with van der Waals surface area (Å²) in [4.78, 5) is 30.0. The molecule has 3 aromatic heterocycles. The van der Waals surface area contributed by atoms with Crippen LogP contribution >= 0.6 is 0 Å². The molecule has 1 aliphatic rings. The second-order valence-corrected chi connectivity index (χ2v) is 9.34. The Morgan fingerprint density at radius 2 is 2.00 bits per heavy atom. The van der Waals surface area contributed by atoms with E-state index in [1.807, 2.05) is 6.20 Å². The summed E-state index contributed by atoms with van der Waals surface area (Å²) in [5.41, 5.74) is 1.32. The Morgan fingerprint density at radius 1 is 1.22 bits per heavy atom. The fraction of sp³-hybridized carbons (Fsp3) is 0.385. The summed E-state index contributed by atoms with van der Waals surface area (Å²) in [5.74, 6) is 0.905. The lowest BCUT2D eigenvalue weighted by Gasteiger charge is -2.31. The second-order valence-electron chi connectivity index (χ2n) is 9.34. The number of amides is 1. The highest BCUT2D eigenvalue weighted by molar-refractivity contribution is 6.01. The van der Waals surface area contributed by atoms with Gasteiger partial charge in [-0.15, -0.1) is 0 Å². The lowest BCUT2D eigenvalue weighted by atomic mass is 9.90. The van der Waals surface area contributed by atoms with Gasteiger partial charge in [0.2, 0.25) is 0 Å². The molecular weight excluding hydrogens is 460 g/mol. The Bertz CT molecular complexity index is 1460. The first-order chi connectivity index (χ1) is 17.4. The number of aryl methyl sites for hydroxylation is 1. The molecule has 1 saturated carbocycles. The smallest absolute Gasteiger partial charge is 0.276 e. The number of aliphatic hydroxyl groups is 1. The minimum absolute atomic E-state index is 0.0442. The lowest BCUT2D eigenvalue weighted by molar-refractivity contribution is 0.0918. The van der Waals surface area contributed by atoms with Crippen LogP contribution < -0.4 is 15.6 Å². The zero-order valence-corrected chi connectivity index (χ0v) is 20.6. The number of fused-ring (bicyclic) bond motifs is 1. The highest BCUT2D eigenvalue weighted by Crippen LogP contribution is 2.32. The van der Waals surface area contributed by atoms with Gasteiger partial charge in [-0.1, -0.05) is 0 Å². The molecule has 10 nitrogen and oxygen atoms in total. The number of nitrogens with zero attached hydrogens (tertiary/aromatic N) is 5. The van der Waals surface area contributed by atoms with Crippen molar-refractivity contribution >= 4 is 16.8 Å². The summed E-state index contributed by atoms with van der Waals surface area (Å²) in [6.45, 7) is 1.72. The molecule has 10 heteroatoms. The van der Waals surface area contributed by atoms with Crippen LogP contribution in [0.15, 0.2) is 53.8 Å². The predicted octanol–water partition coefficient (Wildman–Crippen LogP) is 2.90. The van der Waals surface area contributed by atoms with Gasteiger partial charge in [0.1, 0.15) is 23.4 Å². The largest absolute Gasteiger partial charge is 0.496 e. The normalized spacial score (nSPS) is 18.8. The topological polar surface area (TPSA) is 116 Å². The third-order valence-electron chi connectivity index (χ3n) is 6.92. The molecule has 36 heavy (non-hydrogen) atoms. The molecule has 1 aromatic carbocycles. The van der Waals surface area contributed by atoms with Crippen molar-refractivity contribution < 1.29 is 14.6 Å². The van der Waals surface area contributed by atoms with Crippen molar-refractivity contribution in [2.24, 2.45) is 7.05 Å². The summed E-state index contributed by atoms with van der Waals surface area (Å²) in [6.07, 6.45) is 9.88. The van der Waals surface area contributed by atoms with E-state index in [1.54, 1.807) is 56.8 Å². The molecule has 1 unspecified atom stereocenters. The summed E-state index contributed by atoms with van der Waals surface area (Å²) < 4.78 is 10.6. The minimum atomic E-state index is -0.617. The Kier molecular flexibility index (Phi) is 6.36. The Labute approximate surface area is 208 Å². The number of imidazole rings is 1. The van der Waals surface area contributed by atoms with Gasteiger partial charge in [-0.2, -0.15) is 5.10 Å². The maximum atomic E-state index is 13.2. The van der Waals surface area contributed by atoms with Crippen molar-refractivity contribution in [2.75, 3.05) is 7.11 Å². The van der Waals surface area contributed by atoms with Crippen molar-refractivity contribution in [3.8, 4) is 11.4 Å². The molecule has 3 heterocycles. The first-order valence-corrected chi connectivity index (χ1v) is 12.1. The third-order valence-corrected chi connectivity index (χ3v) is 6.92. The molecule has 5 rings (SSSR count). The molecule has 0 bridgehead atoms. The molecule has 0 radical (unpaired) electrons. The molecule has 2 N–H and O–H groups in total. The zero-order chi connectivity index (χ0) is 25.4. The minimum Gasteiger partial charge on any atom is -0.496 e. The molecule has 188 valence electrons. The van der Waals surface area contributed by atoms with E-state index in [-0.39, 0.29) is 23.6 Å². The number of nitrogens with one attached hydrogen (secondary N) is 1. The number of hydrogen-bond donors (Lipinski definition) is 2. The molecule has 0 spiro atoms. The number of benzene rings is 1. The predicted molar refractivity (Wildman–Crippen MR) is 134 cm³/mol. The van der Waals surface area contributed by atoms with Crippen LogP contribution in [0.1, 0.15) is 60.9 Å². The second kappa shape index (κ2) is 9.62. The summed E-state index contributed by atoms with van der Waals surface area (Å²) in [6, 6.07) is 7.28. The molecular formula is C26H30N6O4. The van der Waals surface area contributed by atoms with E-state index in [1.165, 1.54) is 16.4 Å². The van der Waals surface area contributed by atoms with Crippen LogP contribution in [0.25, 0.3) is 16.6 Å². The number of carbonyl (C=O) groups is 1. The number of ether oxygens (including phenoxy) is 1. The summed E-state index contributed by atoms with van der Waals surface area (Å²) in [5, 5.41) is 18.4. The highest BCUT2D eigenvalue weighted by atomic mass is 16.5. The van der Waals surface area contributed by atoms with Crippen molar-refractivity contribution in [1.29, 1.82) is 0 Å². The fourth-order valence-electron chi connectivity index (χ4n) is 5.00. The number of carbonyl (C=O) groups excluding carboxylic acids is 1. The fourth-order valence-corrected chi connectivity index (χ4v) is 5.00. The van der Waals surface area contributed by atoms with Crippen LogP contribution in [-0.2, 0) is 7.05 Å². The first kappa shape index (κ1) is 23.8. The number of aromatic nitrogens is 5. The molecule has 1 atom stereocenters. The number of hydrogen-bond acceptors (Lipinski definition) is 6. The van der Waals surface area contributed by atoms with Crippen LogP contribution in [-0.4, -0.2) is 48.1 Å². The van der Waals surface area contributed by atoms with E-state index < -0.39 is 6.10 Å². The van der Waals surface area contributed by atoms with Crippen LogP contribution in [0.3, 0.4) is 0 Å². The SMILES string of the molecule is COc1cc2nn(-c3cccn(C)c3=O)cc2cc1C(=O)NC1CCC(n2ccnc2C(C)O)CC1. The maximum absolute atomic E-state index is 13.2. The first-order valence-electron chi connectivity index (χ1n) is 12.1. The van der Waals surface area contributed by atoms with E-state index in [9.17, 15) is 14.7 Å². The number of pyridine rings is 1. The molecule has 1 aliphatic carbocycles. The summed E-state index contributed by atoms with van der Waals surface area (Å²) >= 11 is 0. The van der Waals surface area contributed by atoms with Crippen molar-refractivity contribution in [1.82, 2.24) is 29.2 Å². The standard InChI is InChI=1S/C26H30N6O4/c1-16(33)24-27-10-12-31(24)19-8-6-18(7-9-19)28-25(34)20-13-17-15-32(29-21(17)14-23(20)36-3)22-5-4-11-30(2)26(22)35/h4-5,10-16,18-19,33H,6-9H2,1-3H3,(H,28,34). The Morgan fingerprint density at radius 3 is 2.72 bits per heavy atom. The van der Waals surface area contributed by atoms with Crippen molar-refractivity contribution in [3.63, 3.8) is 0 Å². The number of aliphatic hydroxyl groups excluding tert-OH is 1.